The van der Waals surface area contributed by atoms with Crippen LogP contribution in [-0.2, 0) is 11.2 Å². The van der Waals surface area contributed by atoms with Crippen LogP contribution in [0.4, 0.5) is 0 Å². The minimum Gasteiger partial charge on any atom is -0.426 e. The van der Waals surface area contributed by atoms with Crippen LogP contribution in [0.25, 0.3) is 6.08 Å². The third-order valence-corrected chi connectivity index (χ3v) is 2.80. The van der Waals surface area contributed by atoms with Crippen LogP contribution in [0.2, 0.25) is 0 Å². The zero-order chi connectivity index (χ0) is 13.2. The van der Waals surface area contributed by atoms with Crippen LogP contribution in [0.15, 0.2) is 36.4 Å². The lowest BCUT2D eigenvalue weighted by atomic mass is 9.97. The number of benzene rings is 1. The zero-order valence-corrected chi connectivity index (χ0v) is 11.1. The molecular weight excluding hydrogens is 224 g/mol. The maximum Gasteiger partial charge on any atom is 0.316 e. The molecule has 0 aliphatic heterocycles. The Bertz CT molecular complexity index is 516. The SMILES string of the molecule is CC(C)(C)C(=O)Oc1ccc2c(c1)C=CC=CC2. The van der Waals surface area contributed by atoms with Gasteiger partial charge >= 0.3 is 5.97 Å². The van der Waals surface area contributed by atoms with E-state index in [1.807, 2.05) is 57.2 Å². The Hall–Kier alpha value is -1.83. The second kappa shape index (κ2) is 4.81. The summed E-state index contributed by atoms with van der Waals surface area (Å²) in [6.07, 6.45) is 9.09. The first-order chi connectivity index (χ1) is 8.47. The van der Waals surface area contributed by atoms with E-state index in [1.54, 1.807) is 0 Å². The van der Waals surface area contributed by atoms with Gasteiger partial charge < -0.3 is 4.74 Å². The highest BCUT2D eigenvalue weighted by Crippen LogP contribution is 2.24. The lowest BCUT2D eigenvalue weighted by Gasteiger charge is -2.16. The fourth-order valence-corrected chi connectivity index (χ4v) is 1.67. The summed E-state index contributed by atoms with van der Waals surface area (Å²) in [7, 11) is 0. The van der Waals surface area contributed by atoms with E-state index < -0.39 is 5.41 Å². The number of allylic oxidation sites excluding steroid dienone is 3. The first-order valence-electron chi connectivity index (χ1n) is 6.15. The molecule has 0 fully saturated rings. The molecule has 0 amide bonds. The van der Waals surface area contributed by atoms with E-state index in [2.05, 4.69) is 6.08 Å². The Morgan fingerprint density at radius 3 is 2.72 bits per heavy atom. The van der Waals surface area contributed by atoms with Crippen LogP contribution in [0.5, 0.6) is 5.75 Å². The van der Waals surface area contributed by atoms with E-state index >= 15 is 0 Å². The molecule has 1 aromatic carbocycles. The molecule has 2 nitrogen and oxygen atoms in total. The standard InChI is InChI=1S/C16H18O2/c1-16(2,3)15(17)18-14-10-9-12-7-5-4-6-8-13(12)11-14/h4-6,8-11H,7H2,1-3H3. The number of fused-ring (bicyclic) bond motifs is 1. The second-order valence-corrected chi connectivity index (χ2v) is 5.49. The Labute approximate surface area is 108 Å². The molecule has 2 rings (SSSR count). The molecule has 2 heteroatoms. The summed E-state index contributed by atoms with van der Waals surface area (Å²) in [5.41, 5.74) is 1.87. The van der Waals surface area contributed by atoms with Crippen molar-refractivity contribution in [1.82, 2.24) is 0 Å². The van der Waals surface area contributed by atoms with Crippen molar-refractivity contribution in [2.75, 3.05) is 0 Å². The fourth-order valence-electron chi connectivity index (χ4n) is 1.67. The van der Waals surface area contributed by atoms with Crippen LogP contribution in [0.3, 0.4) is 0 Å². The molecule has 0 radical (unpaired) electrons. The maximum absolute atomic E-state index is 11.8. The highest BCUT2D eigenvalue weighted by molar-refractivity contribution is 5.78. The minimum absolute atomic E-state index is 0.210. The van der Waals surface area contributed by atoms with Crippen molar-refractivity contribution in [1.29, 1.82) is 0 Å². The molecule has 18 heavy (non-hydrogen) atoms. The predicted octanol–water partition coefficient (Wildman–Crippen LogP) is 3.76. The molecule has 0 spiro atoms. The summed E-state index contributed by atoms with van der Waals surface area (Å²) < 4.78 is 5.39. The molecule has 0 heterocycles. The monoisotopic (exact) mass is 242 g/mol. The summed E-state index contributed by atoms with van der Waals surface area (Å²) >= 11 is 0. The van der Waals surface area contributed by atoms with Crippen molar-refractivity contribution >= 4 is 12.0 Å². The van der Waals surface area contributed by atoms with E-state index in [9.17, 15) is 4.79 Å². The smallest absolute Gasteiger partial charge is 0.316 e. The van der Waals surface area contributed by atoms with Gasteiger partial charge in [-0.3, -0.25) is 4.79 Å². The van der Waals surface area contributed by atoms with Gasteiger partial charge in [-0.2, -0.15) is 0 Å². The summed E-state index contributed by atoms with van der Waals surface area (Å²) in [5.74, 6) is 0.401. The summed E-state index contributed by atoms with van der Waals surface area (Å²) in [6.45, 7) is 5.55. The maximum atomic E-state index is 11.8. The van der Waals surface area contributed by atoms with E-state index in [1.165, 1.54) is 5.56 Å². The number of carbonyl (C=O) groups is 1. The van der Waals surface area contributed by atoms with Gasteiger partial charge in [0.2, 0.25) is 0 Å². The van der Waals surface area contributed by atoms with Crippen LogP contribution in [0, 0.1) is 5.41 Å². The normalized spacial score (nSPS) is 13.9. The Morgan fingerprint density at radius 1 is 1.22 bits per heavy atom. The molecule has 1 aliphatic carbocycles. The molecule has 0 saturated carbocycles. The zero-order valence-electron chi connectivity index (χ0n) is 11.1. The topological polar surface area (TPSA) is 26.3 Å². The van der Waals surface area contributed by atoms with Crippen LogP contribution in [-0.4, -0.2) is 5.97 Å². The average Bonchev–Trinajstić information content (AvgIpc) is 2.52. The van der Waals surface area contributed by atoms with Gasteiger partial charge in [0.05, 0.1) is 5.41 Å². The highest BCUT2D eigenvalue weighted by atomic mass is 16.5. The van der Waals surface area contributed by atoms with Crippen LogP contribution >= 0.6 is 0 Å². The van der Waals surface area contributed by atoms with E-state index in [0.717, 1.165) is 12.0 Å². The highest BCUT2D eigenvalue weighted by Gasteiger charge is 2.23. The van der Waals surface area contributed by atoms with E-state index in [0.29, 0.717) is 5.75 Å². The van der Waals surface area contributed by atoms with Crippen molar-refractivity contribution in [3.63, 3.8) is 0 Å². The van der Waals surface area contributed by atoms with E-state index in [-0.39, 0.29) is 5.97 Å². The first kappa shape index (κ1) is 12.6. The van der Waals surface area contributed by atoms with Crippen molar-refractivity contribution < 1.29 is 9.53 Å². The lowest BCUT2D eigenvalue weighted by Crippen LogP contribution is -2.25. The van der Waals surface area contributed by atoms with Crippen LogP contribution < -0.4 is 4.74 Å². The fraction of sp³-hybridized carbons (Fsp3) is 0.312. The average molecular weight is 242 g/mol. The number of hydrogen-bond donors (Lipinski definition) is 0. The number of hydrogen-bond acceptors (Lipinski definition) is 2. The summed E-state index contributed by atoms with van der Waals surface area (Å²) in [5, 5.41) is 0. The van der Waals surface area contributed by atoms with Gasteiger partial charge in [-0.25, -0.2) is 0 Å². The van der Waals surface area contributed by atoms with Gasteiger partial charge in [0.1, 0.15) is 5.75 Å². The molecular formula is C16H18O2. The summed E-state index contributed by atoms with van der Waals surface area (Å²) in [6, 6.07) is 5.79. The van der Waals surface area contributed by atoms with Gasteiger partial charge in [0.25, 0.3) is 0 Å². The number of rotatable bonds is 1. The third kappa shape index (κ3) is 2.89. The van der Waals surface area contributed by atoms with Gasteiger partial charge in [-0.15, -0.1) is 0 Å². The number of carbonyl (C=O) groups excluding carboxylic acids is 1. The lowest BCUT2D eigenvalue weighted by molar-refractivity contribution is -0.142. The second-order valence-electron chi connectivity index (χ2n) is 5.49. The van der Waals surface area contributed by atoms with Gasteiger partial charge in [-0.05, 0) is 50.5 Å². The van der Waals surface area contributed by atoms with Gasteiger partial charge in [0, 0.05) is 0 Å². The number of esters is 1. The molecule has 0 atom stereocenters. The first-order valence-corrected chi connectivity index (χ1v) is 6.15. The van der Waals surface area contributed by atoms with Crippen molar-refractivity contribution in [3.05, 3.63) is 47.6 Å². The van der Waals surface area contributed by atoms with Crippen molar-refractivity contribution in [3.8, 4) is 5.75 Å². The molecule has 0 aromatic heterocycles. The van der Waals surface area contributed by atoms with Gasteiger partial charge in [-0.1, -0.05) is 30.4 Å². The minimum atomic E-state index is -0.482. The molecule has 0 unspecified atom stereocenters. The summed E-state index contributed by atoms with van der Waals surface area (Å²) in [4.78, 5) is 11.8. The van der Waals surface area contributed by atoms with Gasteiger partial charge in [0.15, 0.2) is 0 Å². The predicted molar refractivity (Wildman–Crippen MR) is 73.4 cm³/mol. The molecule has 0 bridgehead atoms. The van der Waals surface area contributed by atoms with Crippen molar-refractivity contribution in [2.24, 2.45) is 5.41 Å². The third-order valence-electron chi connectivity index (χ3n) is 2.80. The molecule has 94 valence electrons. The quantitative estimate of drug-likeness (QED) is 0.553. The van der Waals surface area contributed by atoms with Crippen molar-refractivity contribution in [2.45, 2.75) is 27.2 Å². The molecule has 0 saturated heterocycles. The van der Waals surface area contributed by atoms with E-state index in [4.69, 9.17) is 4.74 Å². The molecule has 1 aliphatic rings. The Balaban J connectivity index is 2.22. The largest absolute Gasteiger partial charge is 0.426 e. The van der Waals surface area contributed by atoms with Crippen LogP contribution in [0.1, 0.15) is 31.9 Å². The Kier molecular flexibility index (Phi) is 3.37. The Morgan fingerprint density at radius 2 is 2.00 bits per heavy atom. The molecule has 0 N–H and O–H groups in total. The molecule has 1 aromatic rings. The number of ether oxygens (including phenoxy) is 1.